The number of carbonyl (C=O) groups is 1. The molecule has 0 unspecified atom stereocenters. The van der Waals surface area contributed by atoms with Crippen LogP contribution in [0.3, 0.4) is 0 Å². The summed E-state index contributed by atoms with van der Waals surface area (Å²) in [6.45, 7) is 9.01. The Bertz CT molecular complexity index is 1180. The second kappa shape index (κ2) is 8.49. The molecule has 31 heavy (non-hydrogen) atoms. The molecule has 0 bridgehead atoms. The Morgan fingerprint density at radius 2 is 1.94 bits per heavy atom. The van der Waals surface area contributed by atoms with Crippen LogP contribution in [0, 0.1) is 6.92 Å². The number of piperidine rings is 1. The summed E-state index contributed by atoms with van der Waals surface area (Å²) < 4.78 is 1.36. The number of anilines is 2. The smallest absolute Gasteiger partial charge is 0.276 e. The van der Waals surface area contributed by atoms with Crippen molar-refractivity contribution >= 4 is 28.2 Å². The van der Waals surface area contributed by atoms with Gasteiger partial charge in [-0.1, -0.05) is 18.2 Å². The summed E-state index contributed by atoms with van der Waals surface area (Å²) in [5.74, 6) is 0.619. The minimum Gasteiger partial charge on any atom is -0.354 e. The van der Waals surface area contributed by atoms with Gasteiger partial charge in [0.2, 0.25) is 0 Å². The Kier molecular flexibility index (Phi) is 5.76. The molecule has 7 heteroatoms. The molecule has 0 aliphatic carbocycles. The van der Waals surface area contributed by atoms with Gasteiger partial charge in [0.1, 0.15) is 5.82 Å². The van der Waals surface area contributed by atoms with E-state index in [1.807, 2.05) is 26.8 Å². The first-order chi connectivity index (χ1) is 14.9. The van der Waals surface area contributed by atoms with Crippen molar-refractivity contribution in [2.75, 3.05) is 16.8 Å². The lowest BCUT2D eigenvalue weighted by Crippen LogP contribution is -2.38. The van der Waals surface area contributed by atoms with E-state index in [4.69, 9.17) is 0 Å². The van der Waals surface area contributed by atoms with E-state index in [1.165, 1.54) is 23.9 Å². The molecule has 0 radical (unpaired) electrons. The van der Waals surface area contributed by atoms with Crippen LogP contribution in [0.5, 0.6) is 0 Å². The van der Waals surface area contributed by atoms with Crippen LogP contribution in [0.15, 0.2) is 41.3 Å². The molecule has 7 nitrogen and oxygen atoms in total. The van der Waals surface area contributed by atoms with Gasteiger partial charge >= 0.3 is 0 Å². The highest BCUT2D eigenvalue weighted by Crippen LogP contribution is 2.27. The van der Waals surface area contributed by atoms with E-state index in [0.717, 1.165) is 17.9 Å². The number of rotatable bonds is 4. The summed E-state index contributed by atoms with van der Waals surface area (Å²) in [5, 5.41) is 8.34. The van der Waals surface area contributed by atoms with E-state index < -0.39 is 0 Å². The molecule has 1 aliphatic heterocycles. The van der Waals surface area contributed by atoms with Crippen molar-refractivity contribution in [1.29, 1.82) is 0 Å². The lowest BCUT2D eigenvalue weighted by molar-refractivity contribution is 0.102. The molecule has 1 fully saturated rings. The van der Waals surface area contributed by atoms with Crippen molar-refractivity contribution in [2.45, 2.75) is 59.0 Å². The minimum atomic E-state index is -0.356. The maximum absolute atomic E-state index is 13.1. The molecule has 1 N–H and O–H groups in total. The van der Waals surface area contributed by atoms with Crippen LogP contribution < -0.4 is 15.8 Å². The Labute approximate surface area is 182 Å². The summed E-state index contributed by atoms with van der Waals surface area (Å²) in [6.07, 6.45) is 5.30. The number of hydrogen-bond donors (Lipinski definition) is 1. The molecule has 3 aromatic rings. The van der Waals surface area contributed by atoms with E-state index in [-0.39, 0.29) is 23.2 Å². The van der Waals surface area contributed by atoms with Gasteiger partial charge in [0.15, 0.2) is 5.69 Å². The van der Waals surface area contributed by atoms with Gasteiger partial charge < -0.3 is 10.2 Å². The monoisotopic (exact) mass is 419 g/mol. The number of pyridine rings is 1. The highest BCUT2D eigenvalue weighted by Gasteiger charge is 2.22. The van der Waals surface area contributed by atoms with Gasteiger partial charge in [0.25, 0.3) is 11.5 Å². The Balaban J connectivity index is 1.66. The van der Waals surface area contributed by atoms with Crippen LogP contribution >= 0.6 is 0 Å². The zero-order chi connectivity index (χ0) is 22.1. The molecule has 1 aliphatic rings. The maximum atomic E-state index is 13.1. The summed E-state index contributed by atoms with van der Waals surface area (Å²) in [5.41, 5.74) is 1.68. The first-order valence-electron chi connectivity index (χ1n) is 10.9. The zero-order valence-corrected chi connectivity index (χ0v) is 18.6. The Morgan fingerprint density at radius 3 is 2.61 bits per heavy atom. The number of aromatic nitrogens is 3. The predicted molar refractivity (Wildman–Crippen MR) is 124 cm³/mol. The Hall–Kier alpha value is -3.22. The molecular formula is C24H29N5O2. The van der Waals surface area contributed by atoms with E-state index in [9.17, 15) is 9.59 Å². The first-order valence-corrected chi connectivity index (χ1v) is 10.9. The van der Waals surface area contributed by atoms with E-state index >= 15 is 0 Å². The summed E-state index contributed by atoms with van der Waals surface area (Å²) in [6, 6.07) is 9.35. The summed E-state index contributed by atoms with van der Waals surface area (Å²) >= 11 is 0. The van der Waals surface area contributed by atoms with Crippen LogP contribution in [0.2, 0.25) is 0 Å². The van der Waals surface area contributed by atoms with Crippen molar-refractivity contribution in [3.05, 3.63) is 58.1 Å². The number of carbonyl (C=O) groups excluding carboxylic acids is 1. The number of hydrogen-bond acceptors (Lipinski definition) is 5. The average molecular weight is 420 g/mol. The summed E-state index contributed by atoms with van der Waals surface area (Å²) in [4.78, 5) is 32.9. The van der Waals surface area contributed by atoms with E-state index in [0.29, 0.717) is 22.5 Å². The minimum absolute atomic E-state index is 0.154. The van der Waals surface area contributed by atoms with Gasteiger partial charge in [0.05, 0.1) is 23.3 Å². The van der Waals surface area contributed by atoms with Crippen molar-refractivity contribution in [1.82, 2.24) is 14.8 Å². The van der Waals surface area contributed by atoms with Crippen LogP contribution in [0.25, 0.3) is 10.8 Å². The molecule has 0 spiro atoms. The molecular weight excluding hydrogens is 390 g/mol. The van der Waals surface area contributed by atoms with Gasteiger partial charge in [-0.15, -0.1) is 0 Å². The third-order valence-electron chi connectivity index (χ3n) is 5.92. The molecule has 162 valence electrons. The number of fused-ring (bicyclic) bond motifs is 1. The Morgan fingerprint density at radius 1 is 1.19 bits per heavy atom. The average Bonchev–Trinajstić information content (AvgIpc) is 2.75. The number of nitrogens with one attached hydrogen (secondary N) is 1. The number of amides is 1. The second-order valence-corrected chi connectivity index (χ2v) is 8.59. The van der Waals surface area contributed by atoms with Gasteiger partial charge in [-0.3, -0.25) is 9.59 Å². The second-order valence-electron chi connectivity index (χ2n) is 8.59. The van der Waals surface area contributed by atoms with Crippen LogP contribution in [0.1, 0.15) is 62.1 Å². The fraction of sp³-hybridized carbons (Fsp3) is 0.417. The fourth-order valence-corrected chi connectivity index (χ4v) is 4.26. The van der Waals surface area contributed by atoms with Crippen molar-refractivity contribution in [3.63, 3.8) is 0 Å². The van der Waals surface area contributed by atoms with Crippen molar-refractivity contribution in [3.8, 4) is 0 Å². The van der Waals surface area contributed by atoms with E-state index in [2.05, 4.69) is 27.2 Å². The lowest BCUT2D eigenvalue weighted by atomic mass is 10.0. The SMILES string of the molecule is Cc1cc(NC(=O)c2nn(C(C)C)c(=O)c3ccccc23)cnc1N1CCCC[C@@H]1C. The zero-order valence-electron chi connectivity index (χ0n) is 18.6. The van der Waals surface area contributed by atoms with Crippen molar-refractivity contribution < 1.29 is 4.79 Å². The maximum Gasteiger partial charge on any atom is 0.276 e. The largest absolute Gasteiger partial charge is 0.354 e. The van der Waals surface area contributed by atoms with Crippen LogP contribution in [-0.2, 0) is 0 Å². The molecule has 1 amide bonds. The van der Waals surface area contributed by atoms with Crippen LogP contribution in [0.4, 0.5) is 11.5 Å². The molecule has 2 aromatic heterocycles. The molecule has 1 saturated heterocycles. The van der Waals surface area contributed by atoms with Gasteiger partial charge in [-0.25, -0.2) is 9.67 Å². The highest BCUT2D eigenvalue weighted by atomic mass is 16.2. The molecule has 3 heterocycles. The standard InChI is InChI=1S/C24H29N5O2/c1-15(2)29-24(31)20-11-6-5-10-19(20)21(27-29)23(30)26-18-13-16(3)22(25-14-18)28-12-8-7-9-17(28)4/h5-6,10-11,13-15,17H,7-9,12H2,1-4H3,(H,26,30)/t17-/m0/s1. The quantitative estimate of drug-likeness (QED) is 0.682. The fourth-order valence-electron chi connectivity index (χ4n) is 4.26. The third-order valence-corrected chi connectivity index (χ3v) is 5.92. The molecule has 1 atom stereocenters. The van der Waals surface area contributed by atoms with Gasteiger partial charge in [-0.05, 0) is 64.7 Å². The normalized spacial score (nSPS) is 16.7. The predicted octanol–water partition coefficient (Wildman–Crippen LogP) is 4.31. The topological polar surface area (TPSA) is 80.1 Å². The van der Waals surface area contributed by atoms with Crippen molar-refractivity contribution in [2.24, 2.45) is 0 Å². The number of benzene rings is 1. The van der Waals surface area contributed by atoms with Gasteiger partial charge in [0, 0.05) is 18.0 Å². The lowest BCUT2D eigenvalue weighted by Gasteiger charge is -2.35. The summed E-state index contributed by atoms with van der Waals surface area (Å²) in [7, 11) is 0. The third kappa shape index (κ3) is 4.04. The van der Waals surface area contributed by atoms with Gasteiger partial charge in [-0.2, -0.15) is 5.10 Å². The first kappa shape index (κ1) is 21.0. The molecule has 1 aromatic carbocycles. The van der Waals surface area contributed by atoms with Crippen LogP contribution in [-0.4, -0.2) is 33.3 Å². The highest BCUT2D eigenvalue weighted by molar-refractivity contribution is 6.11. The number of aryl methyl sites for hydroxylation is 1. The molecule has 4 rings (SSSR count). The molecule has 0 saturated carbocycles. The number of nitrogens with zero attached hydrogens (tertiary/aromatic N) is 4. The van der Waals surface area contributed by atoms with E-state index in [1.54, 1.807) is 30.5 Å².